The Kier molecular flexibility index (Phi) is 4.50. The number of hydrogen-bond acceptors (Lipinski definition) is 2. The van der Waals surface area contributed by atoms with Crippen LogP contribution in [0.1, 0.15) is 22.9 Å². The lowest BCUT2D eigenvalue weighted by molar-refractivity contribution is 0.582. The summed E-state index contributed by atoms with van der Waals surface area (Å²) in [5.41, 5.74) is 3.64. The van der Waals surface area contributed by atoms with Crippen LogP contribution in [0.2, 0.25) is 0 Å². The van der Waals surface area contributed by atoms with Gasteiger partial charge in [0.2, 0.25) is 0 Å². The smallest absolute Gasteiger partial charge is 0.0422 e. The highest BCUT2D eigenvalue weighted by molar-refractivity contribution is 9.10. The SMILES string of the molecule is CNC(Cc1ccccn1)c1ccc(C)cc1Br. The maximum atomic E-state index is 4.38. The van der Waals surface area contributed by atoms with Crippen molar-refractivity contribution in [2.75, 3.05) is 7.05 Å². The number of nitrogens with zero attached hydrogens (tertiary/aromatic N) is 1. The summed E-state index contributed by atoms with van der Waals surface area (Å²) < 4.78 is 1.15. The molecule has 0 fully saturated rings. The van der Waals surface area contributed by atoms with Crippen LogP contribution in [0.25, 0.3) is 0 Å². The van der Waals surface area contributed by atoms with Crippen LogP contribution in [0, 0.1) is 6.92 Å². The van der Waals surface area contributed by atoms with E-state index in [0.717, 1.165) is 16.6 Å². The van der Waals surface area contributed by atoms with Gasteiger partial charge in [-0.05, 0) is 43.3 Å². The second-order valence-electron chi connectivity index (χ2n) is 4.39. The molecule has 1 aromatic carbocycles. The molecule has 0 saturated heterocycles. The van der Waals surface area contributed by atoms with Gasteiger partial charge >= 0.3 is 0 Å². The Hall–Kier alpha value is -1.19. The van der Waals surface area contributed by atoms with Gasteiger partial charge in [-0.15, -0.1) is 0 Å². The molecule has 1 heterocycles. The van der Waals surface area contributed by atoms with Crippen LogP contribution in [0.15, 0.2) is 47.1 Å². The molecule has 0 radical (unpaired) electrons. The van der Waals surface area contributed by atoms with Crippen LogP contribution in [0.4, 0.5) is 0 Å². The number of rotatable bonds is 4. The summed E-state index contributed by atoms with van der Waals surface area (Å²) in [7, 11) is 1.99. The zero-order valence-corrected chi connectivity index (χ0v) is 12.2. The van der Waals surface area contributed by atoms with Gasteiger partial charge in [0.1, 0.15) is 0 Å². The molecule has 0 aliphatic carbocycles. The number of pyridine rings is 1. The quantitative estimate of drug-likeness (QED) is 0.932. The predicted octanol–water partition coefficient (Wildman–Crippen LogP) is 3.66. The van der Waals surface area contributed by atoms with E-state index in [4.69, 9.17) is 0 Å². The molecule has 1 unspecified atom stereocenters. The van der Waals surface area contributed by atoms with Crippen LogP contribution in [0.3, 0.4) is 0 Å². The molecule has 0 spiro atoms. The summed E-state index contributed by atoms with van der Waals surface area (Å²) in [6.07, 6.45) is 2.73. The second-order valence-corrected chi connectivity index (χ2v) is 5.25. The Balaban J connectivity index is 2.23. The van der Waals surface area contributed by atoms with Gasteiger partial charge in [0.15, 0.2) is 0 Å². The number of halogens is 1. The first-order valence-corrected chi connectivity index (χ1v) is 6.83. The first-order valence-electron chi connectivity index (χ1n) is 6.04. The molecule has 1 N–H and O–H groups in total. The van der Waals surface area contributed by atoms with E-state index >= 15 is 0 Å². The molecule has 0 aliphatic heterocycles. The lowest BCUT2D eigenvalue weighted by Gasteiger charge is -2.18. The largest absolute Gasteiger partial charge is 0.313 e. The zero-order valence-electron chi connectivity index (χ0n) is 10.7. The summed E-state index contributed by atoms with van der Waals surface area (Å²) in [5, 5.41) is 3.36. The van der Waals surface area contributed by atoms with Crippen molar-refractivity contribution in [3.05, 3.63) is 63.9 Å². The molecule has 0 saturated carbocycles. The minimum atomic E-state index is 0.273. The van der Waals surface area contributed by atoms with Crippen LogP contribution >= 0.6 is 15.9 Å². The fraction of sp³-hybridized carbons (Fsp3) is 0.267. The third-order valence-corrected chi connectivity index (χ3v) is 3.71. The van der Waals surface area contributed by atoms with E-state index in [1.807, 2.05) is 25.4 Å². The number of aromatic nitrogens is 1. The normalized spacial score (nSPS) is 12.4. The van der Waals surface area contributed by atoms with Gasteiger partial charge < -0.3 is 5.32 Å². The number of benzene rings is 1. The van der Waals surface area contributed by atoms with Crippen molar-refractivity contribution in [1.82, 2.24) is 10.3 Å². The molecular weight excluding hydrogens is 288 g/mol. The van der Waals surface area contributed by atoms with Crippen molar-refractivity contribution in [1.29, 1.82) is 0 Å². The van der Waals surface area contributed by atoms with Crippen molar-refractivity contribution in [3.8, 4) is 0 Å². The highest BCUT2D eigenvalue weighted by Crippen LogP contribution is 2.26. The average Bonchev–Trinajstić information content (AvgIpc) is 2.38. The van der Waals surface area contributed by atoms with Crippen molar-refractivity contribution in [2.45, 2.75) is 19.4 Å². The molecule has 94 valence electrons. The van der Waals surface area contributed by atoms with Crippen LogP contribution < -0.4 is 5.32 Å². The Morgan fingerprint density at radius 1 is 1.28 bits per heavy atom. The third-order valence-electron chi connectivity index (χ3n) is 3.02. The monoisotopic (exact) mass is 304 g/mol. The molecule has 2 rings (SSSR count). The summed E-state index contributed by atoms with van der Waals surface area (Å²) in [4.78, 5) is 4.38. The maximum absolute atomic E-state index is 4.38. The Bertz CT molecular complexity index is 511. The van der Waals surface area contributed by atoms with E-state index in [9.17, 15) is 0 Å². The molecule has 0 bridgehead atoms. The van der Waals surface area contributed by atoms with Gasteiger partial charge in [-0.2, -0.15) is 0 Å². The van der Waals surface area contributed by atoms with E-state index in [-0.39, 0.29) is 6.04 Å². The summed E-state index contributed by atoms with van der Waals surface area (Å²) in [5.74, 6) is 0. The molecule has 18 heavy (non-hydrogen) atoms. The van der Waals surface area contributed by atoms with Crippen LogP contribution in [-0.4, -0.2) is 12.0 Å². The highest BCUT2D eigenvalue weighted by Gasteiger charge is 2.13. The molecule has 0 amide bonds. The molecule has 2 aromatic rings. The van der Waals surface area contributed by atoms with Crippen molar-refractivity contribution in [3.63, 3.8) is 0 Å². The number of nitrogens with one attached hydrogen (secondary N) is 1. The molecule has 1 atom stereocenters. The predicted molar refractivity (Wildman–Crippen MR) is 78.6 cm³/mol. The Labute approximate surface area is 117 Å². The standard InChI is InChI=1S/C15H17BrN2/c1-11-6-7-13(14(16)9-11)15(17-2)10-12-5-3-4-8-18-12/h3-9,15,17H,10H2,1-2H3. The molecular formula is C15H17BrN2. The maximum Gasteiger partial charge on any atom is 0.0422 e. The summed E-state index contributed by atoms with van der Waals surface area (Å²) >= 11 is 3.64. The zero-order chi connectivity index (χ0) is 13.0. The minimum Gasteiger partial charge on any atom is -0.313 e. The van der Waals surface area contributed by atoms with Crippen molar-refractivity contribution in [2.24, 2.45) is 0 Å². The summed E-state index contributed by atoms with van der Waals surface area (Å²) in [6.45, 7) is 2.10. The van der Waals surface area contributed by atoms with E-state index in [0.29, 0.717) is 0 Å². The van der Waals surface area contributed by atoms with Gasteiger partial charge in [-0.3, -0.25) is 4.98 Å². The van der Waals surface area contributed by atoms with Gasteiger partial charge in [0.25, 0.3) is 0 Å². The van der Waals surface area contributed by atoms with Crippen molar-refractivity contribution >= 4 is 15.9 Å². The van der Waals surface area contributed by atoms with Crippen LogP contribution in [0.5, 0.6) is 0 Å². The first kappa shape index (κ1) is 13.2. The van der Waals surface area contributed by atoms with Crippen molar-refractivity contribution < 1.29 is 0 Å². The van der Waals surface area contributed by atoms with Crippen LogP contribution in [-0.2, 0) is 6.42 Å². The van der Waals surface area contributed by atoms with Gasteiger partial charge in [-0.1, -0.05) is 34.1 Å². The molecule has 3 heteroatoms. The topological polar surface area (TPSA) is 24.9 Å². The fourth-order valence-electron chi connectivity index (χ4n) is 2.01. The highest BCUT2D eigenvalue weighted by atomic mass is 79.9. The van der Waals surface area contributed by atoms with E-state index in [1.165, 1.54) is 11.1 Å². The Morgan fingerprint density at radius 2 is 2.11 bits per heavy atom. The van der Waals surface area contributed by atoms with E-state index in [2.05, 4.69) is 57.4 Å². The molecule has 1 aromatic heterocycles. The van der Waals surface area contributed by atoms with E-state index in [1.54, 1.807) is 0 Å². The number of aryl methyl sites for hydroxylation is 1. The average molecular weight is 305 g/mol. The lowest BCUT2D eigenvalue weighted by Crippen LogP contribution is -2.19. The van der Waals surface area contributed by atoms with Gasteiger partial charge in [-0.25, -0.2) is 0 Å². The van der Waals surface area contributed by atoms with Gasteiger partial charge in [0, 0.05) is 28.8 Å². The fourth-order valence-corrected chi connectivity index (χ4v) is 2.78. The second kappa shape index (κ2) is 6.12. The third kappa shape index (κ3) is 3.18. The number of likely N-dealkylation sites (N-methyl/N-ethyl adjacent to an activating group) is 1. The Morgan fingerprint density at radius 3 is 2.72 bits per heavy atom. The summed E-state index contributed by atoms with van der Waals surface area (Å²) in [6, 6.07) is 12.8. The number of hydrogen-bond donors (Lipinski definition) is 1. The van der Waals surface area contributed by atoms with Gasteiger partial charge in [0.05, 0.1) is 0 Å². The minimum absolute atomic E-state index is 0.273. The lowest BCUT2D eigenvalue weighted by atomic mass is 10.0. The first-order chi connectivity index (χ1) is 8.70. The molecule has 2 nitrogen and oxygen atoms in total. The molecule has 0 aliphatic rings. The van der Waals surface area contributed by atoms with E-state index < -0.39 is 0 Å².